The molecular formula is C12H16N4O. The molecule has 2 aromatic heterocycles. The Kier molecular flexibility index (Phi) is 3.08. The molecule has 5 nitrogen and oxygen atoms in total. The van der Waals surface area contributed by atoms with Crippen molar-refractivity contribution in [2.45, 2.75) is 26.8 Å². The van der Waals surface area contributed by atoms with Crippen molar-refractivity contribution in [3.8, 4) is 0 Å². The highest BCUT2D eigenvalue weighted by atomic mass is 16.1. The highest BCUT2D eigenvalue weighted by Gasteiger charge is 2.17. The van der Waals surface area contributed by atoms with E-state index in [1.807, 2.05) is 6.92 Å². The maximum atomic E-state index is 12.3. The van der Waals surface area contributed by atoms with Crippen LogP contribution in [0.4, 0.5) is 0 Å². The molecule has 5 heteroatoms. The van der Waals surface area contributed by atoms with E-state index >= 15 is 0 Å². The second kappa shape index (κ2) is 4.53. The first kappa shape index (κ1) is 11.6. The number of rotatable bonds is 4. The molecule has 0 fully saturated rings. The molecule has 0 amide bonds. The van der Waals surface area contributed by atoms with Gasteiger partial charge in [-0.1, -0.05) is 6.92 Å². The van der Waals surface area contributed by atoms with Crippen LogP contribution in [0, 0.1) is 6.92 Å². The molecule has 90 valence electrons. The van der Waals surface area contributed by atoms with Crippen LogP contribution >= 0.6 is 0 Å². The SMILES string of the molecule is CCCn1nccc1C(=O)c1cc(C)nn1C. The molecule has 0 saturated carbocycles. The number of hydrogen-bond acceptors (Lipinski definition) is 3. The van der Waals surface area contributed by atoms with E-state index in [1.165, 1.54) is 0 Å². The molecule has 2 heterocycles. The molecule has 0 atom stereocenters. The van der Waals surface area contributed by atoms with E-state index in [0.29, 0.717) is 11.4 Å². The quantitative estimate of drug-likeness (QED) is 0.752. The Hall–Kier alpha value is -1.91. The van der Waals surface area contributed by atoms with Crippen molar-refractivity contribution in [2.75, 3.05) is 0 Å². The summed E-state index contributed by atoms with van der Waals surface area (Å²) in [5.41, 5.74) is 2.06. The predicted molar refractivity (Wildman–Crippen MR) is 63.9 cm³/mol. The van der Waals surface area contributed by atoms with Crippen LogP contribution in [0.3, 0.4) is 0 Å². The highest BCUT2D eigenvalue weighted by Crippen LogP contribution is 2.10. The van der Waals surface area contributed by atoms with Gasteiger partial charge in [0.1, 0.15) is 11.4 Å². The summed E-state index contributed by atoms with van der Waals surface area (Å²) in [7, 11) is 1.78. The van der Waals surface area contributed by atoms with E-state index in [4.69, 9.17) is 0 Å². The van der Waals surface area contributed by atoms with Crippen LogP contribution in [-0.4, -0.2) is 25.3 Å². The van der Waals surface area contributed by atoms with Crippen molar-refractivity contribution in [3.63, 3.8) is 0 Å². The van der Waals surface area contributed by atoms with Gasteiger partial charge in [-0.15, -0.1) is 0 Å². The third-order valence-electron chi connectivity index (χ3n) is 2.62. The second-order valence-corrected chi connectivity index (χ2v) is 4.06. The molecule has 0 spiro atoms. The van der Waals surface area contributed by atoms with Gasteiger partial charge in [-0.05, 0) is 25.5 Å². The zero-order valence-electron chi connectivity index (χ0n) is 10.3. The van der Waals surface area contributed by atoms with E-state index < -0.39 is 0 Å². The van der Waals surface area contributed by atoms with Gasteiger partial charge in [-0.3, -0.25) is 14.2 Å². The molecule has 0 saturated heterocycles. The molecule has 0 aliphatic carbocycles. The number of nitrogens with zero attached hydrogens (tertiary/aromatic N) is 4. The monoisotopic (exact) mass is 232 g/mol. The van der Waals surface area contributed by atoms with Crippen molar-refractivity contribution in [1.82, 2.24) is 19.6 Å². The Morgan fingerprint density at radius 2 is 2.18 bits per heavy atom. The zero-order valence-corrected chi connectivity index (χ0v) is 10.3. The number of carbonyl (C=O) groups is 1. The fourth-order valence-electron chi connectivity index (χ4n) is 1.87. The number of hydrogen-bond donors (Lipinski definition) is 0. The van der Waals surface area contributed by atoms with E-state index in [9.17, 15) is 4.79 Å². The maximum Gasteiger partial charge on any atom is 0.228 e. The lowest BCUT2D eigenvalue weighted by Crippen LogP contribution is -2.14. The minimum Gasteiger partial charge on any atom is -0.285 e. The number of aryl methyl sites for hydroxylation is 3. The molecule has 2 rings (SSSR count). The average molecular weight is 232 g/mol. The highest BCUT2D eigenvalue weighted by molar-refractivity contribution is 6.06. The van der Waals surface area contributed by atoms with Crippen molar-refractivity contribution in [2.24, 2.45) is 7.05 Å². The van der Waals surface area contributed by atoms with Gasteiger partial charge in [0.05, 0.1) is 5.69 Å². The fraction of sp³-hybridized carbons (Fsp3) is 0.417. The van der Waals surface area contributed by atoms with Crippen LogP contribution in [0.15, 0.2) is 18.3 Å². The third kappa shape index (κ3) is 2.13. The Bertz CT molecular complexity index is 538. The van der Waals surface area contributed by atoms with Crippen LogP contribution in [0.2, 0.25) is 0 Å². The Labute approximate surface area is 100 Å². The Balaban J connectivity index is 2.37. The van der Waals surface area contributed by atoms with Crippen LogP contribution in [0.1, 0.15) is 35.2 Å². The van der Waals surface area contributed by atoms with Crippen molar-refractivity contribution in [3.05, 3.63) is 35.4 Å². The summed E-state index contributed by atoms with van der Waals surface area (Å²) in [6.07, 6.45) is 2.61. The summed E-state index contributed by atoms with van der Waals surface area (Å²) in [5.74, 6) is -0.0287. The molecule has 0 bridgehead atoms. The number of aromatic nitrogens is 4. The van der Waals surface area contributed by atoms with Gasteiger partial charge < -0.3 is 0 Å². The van der Waals surface area contributed by atoms with Gasteiger partial charge in [0.25, 0.3) is 0 Å². The topological polar surface area (TPSA) is 52.7 Å². The summed E-state index contributed by atoms with van der Waals surface area (Å²) < 4.78 is 3.35. The predicted octanol–water partition coefficient (Wildman–Crippen LogP) is 1.57. The lowest BCUT2D eigenvalue weighted by Gasteiger charge is -2.05. The first-order valence-corrected chi connectivity index (χ1v) is 5.70. The van der Waals surface area contributed by atoms with E-state index in [2.05, 4.69) is 17.1 Å². The van der Waals surface area contributed by atoms with Gasteiger partial charge in [-0.25, -0.2) is 0 Å². The zero-order chi connectivity index (χ0) is 12.4. The molecule has 0 radical (unpaired) electrons. The smallest absolute Gasteiger partial charge is 0.228 e. The van der Waals surface area contributed by atoms with Gasteiger partial charge in [0, 0.05) is 19.8 Å². The minimum atomic E-state index is -0.0287. The third-order valence-corrected chi connectivity index (χ3v) is 2.62. The maximum absolute atomic E-state index is 12.3. The number of ketones is 1. The second-order valence-electron chi connectivity index (χ2n) is 4.06. The van der Waals surface area contributed by atoms with Gasteiger partial charge in [0.15, 0.2) is 0 Å². The summed E-state index contributed by atoms with van der Waals surface area (Å²) in [6.45, 7) is 4.69. The van der Waals surface area contributed by atoms with Gasteiger partial charge in [0.2, 0.25) is 5.78 Å². The molecule has 2 aromatic rings. The van der Waals surface area contributed by atoms with E-state index in [1.54, 1.807) is 34.7 Å². The van der Waals surface area contributed by atoms with Crippen LogP contribution in [0.5, 0.6) is 0 Å². The van der Waals surface area contributed by atoms with E-state index in [-0.39, 0.29) is 5.78 Å². The largest absolute Gasteiger partial charge is 0.285 e. The lowest BCUT2D eigenvalue weighted by atomic mass is 10.2. The van der Waals surface area contributed by atoms with Crippen LogP contribution in [-0.2, 0) is 13.6 Å². The van der Waals surface area contributed by atoms with E-state index in [0.717, 1.165) is 18.7 Å². The molecule has 0 unspecified atom stereocenters. The molecular weight excluding hydrogens is 216 g/mol. The molecule has 17 heavy (non-hydrogen) atoms. The van der Waals surface area contributed by atoms with Crippen LogP contribution < -0.4 is 0 Å². The molecule has 0 aliphatic heterocycles. The summed E-state index contributed by atoms with van der Waals surface area (Å²) >= 11 is 0. The number of carbonyl (C=O) groups excluding carboxylic acids is 1. The Morgan fingerprint density at radius 3 is 2.76 bits per heavy atom. The molecule has 0 N–H and O–H groups in total. The van der Waals surface area contributed by atoms with Crippen molar-refractivity contribution < 1.29 is 4.79 Å². The summed E-state index contributed by atoms with van der Waals surface area (Å²) in [4.78, 5) is 12.3. The average Bonchev–Trinajstić information content (AvgIpc) is 2.85. The van der Waals surface area contributed by atoms with Crippen molar-refractivity contribution >= 4 is 5.78 Å². The first-order chi connectivity index (χ1) is 8.13. The molecule has 0 aromatic carbocycles. The van der Waals surface area contributed by atoms with Gasteiger partial charge in [-0.2, -0.15) is 10.2 Å². The first-order valence-electron chi connectivity index (χ1n) is 5.70. The fourth-order valence-corrected chi connectivity index (χ4v) is 1.87. The summed E-state index contributed by atoms with van der Waals surface area (Å²) in [6, 6.07) is 3.55. The lowest BCUT2D eigenvalue weighted by molar-refractivity contribution is 0.102. The minimum absolute atomic E-state index is 0.0287. The standard InChI is InChI=1S/C12H16N4O/c1-4-7-16-10(5-6-13-16)12(17)11-8-9(2)14-15(11)3/h5-6,8H,4,7H2,1-3H3. The van der Waals surface area contributed by atoms with Crippen molar-refractivity contribution in [1.29, 1.82) is 0 Å². The normalized spacial score (nSPS) is 10.8. The van der Waals surface area contributed by atoms with Crippen LogP contribution in [0.25, 0.3) is 0 Å². The molecule has 0 aliphatic rings. The Morgan fingerprint density at radius 1 is 1.41 bits per heavy atom. The summed E-state index contributed by atoms with van der Waals surface area (Å²) in [5, 5.41) is 8.34. The van der Waals surface area contributed by atoms with Gasteiger partial charge >= 0.3 is 0 Å².